The highest BCUT2D eigenvalue weighted by Gasteiger charge is 2.37. The van der Waals surface area contributed by atoms with Crippen LogP contribution in [-0.4, -0.2) is 35.7 Å². The van der Waals surface area contributed by atoms with Gasteiger partial charge >= 0.3 is 0 Å². The van der Waals surface area contributed by atoms with E-state index >= 15 is 0 Å². The number of nitrogens with one attached hydrogen (secondary N) is 1. The van der Waals surface area contributed by atoms with E-state index in [1.165, 1.54) is 19.2 Å². The highest BCUT2D eigenvalue weighted by atomic mass is 32.1. The molecular weight excluding hydrogens is 271 g/mol. The fourth-order valence-electron chi connectivity index (χ4n) is 1.76. The van der Waals surface area contributed by atoms with Gasteiger partial charge in [0.05, 0.1) is 6.42 Å². The number of carbonyl (C=O) groups excluding carboxylic acids is 3. The van der Waals surface area contributed by atoms with Crippen molar-refractivity contribution < 1.29 is 18.8 Å². The molecule has 1 saturated heterocycles. The number of nitrogens with zero attached hydrogens (tertiary/aromatic N) is 1. The van der Waals surface area contributed by atoms with Crippen molar-refractivity contribution in [2.45, 2.75) is 17.4 Å². The Labute approximate surface area is 114 Å². The zero-order valence-corrected chi connectivity index (χ0v) is 10.9. The van der Waals surface area contributed by atoms with Gasteiger partial charge in [0, 0.05) is 17.5 Å². The number of thiol groups is 1. The summed E-state index contributed by atoms with van der Waals surface area (Å²) in [6.07, 6.45) is -0.0595. The van der Waals surface area contributed by atoms with E-state index in [1.54, 1.807) is 0 Å². The third kappa shape index (κ3) is 2.60. The number of halogens is 1. The van der Waals surface area contributed by atoms with E-state index in [0.29, 0.717) is 0 Å². The average Bonchev–Trinajstić information content (AvgIpc) is 2.60. The fourth-order valence-corrected chi connectivity index (χ4v) is 1.98. The molecule has 7 heteroatoms. The second-order valence-corrected chi connectivity index (χ2v) is 4.67. The maximum absolute atomic E-state index is 13.0. The quantitative estimate of drug-likeness (QED) is 0.616. The van der Waals surface area contributed by atoms with E-state index in [0.717, 1.165) is 11.0 Å². The first-order chi connectivity index (χ1) is 8.90. The van der Waals surface area contributed by atoms with Gasteiger partial charge in [0.1, 0.15) is 11.9 Å². The number of likely N-dealkylation sites (N-methyl/N-ethyl adjacent to an activating group) is 1. The Balaban J connectivity index is 2.11. The summed E-state index contributed by atoms with van der Waals surface area (Å²) >= 11 is 3.87. The lowest BCUT2D eigenvalue weighted by molar-refractivity contribution is -0.137. The Morgan fingerprint density at radius 3 is 2.68 bits per heavy atom. The van der Waals surface area contributed by atoms with Crippen LogP contribution in [0.3, 0.4) is 0 Å². The summed E-state index contributed by atoms with van der Waals surface area (Å²) in [6.45, 7) is 0. The molecule has 1 unspecified atom stereocenters. The van der Waals surface area contributed by atoms with E-state index in [4.69, 9.17) is 0 Å². The largest absolute Gasteiger partial charge is 0.340 e. The lowest BCUT2D eigenvalue weighted by Gasteiger charge is -2.11. The Hall–Kier alpha value is -1.89. The lowest BCUT2D eigenvalue weighted by atomic mass is 10.1. The van der Waals surface area contributed by atoms with Crippen molar-refractivity contribution in [2.75, 3.05) is 7.05 Å². The molecule has 1 fully saturated rings. The Morgan fingerprint density at radius 1 is 1.47 bits per heavy atom. The molecule has 19 heavy (non-hydrogen) atoms. The molecule has 0 bridgehead atoms. The molecule has 0 radical (unpaired) electrons. The van der Waals surface area contributed by atoms with Crippen LogP contribution < -0.4 is 5.32 Å². The topological polar surface area (TPSA) is 66.5 Å². The second-order valence-electron chi connectivity index (χ2n) is 4.19. The third-order valence-electron chi connectivity index (χ3n) is 2.90. The highest BCUT2D eigenvalue weighted by Crippen LogP contribution is 2.15. The normalized spacial score (nSPS) is 18.9. The minimum Gasteiger partial charge on any atom is -0.340 e. The molecule has 1 aromatic rings. The van der Waals surface area contributed by atoms with Crippen molar-refractivity contribution in [3.63, 3.8) is 0 Å². The van der Waals surface area contributed by atoms with Crippen molar-refractivity contribution in [3.05, 3.63) is 29.6 Å². The van der Waals surface area contributed by atoms with Crippen LogP contribution in [0.1, 0.15) is 16.8 Å². The summed E-state index contributed by atoms with van der Waals surface area (Å²) < 4.78 is 13.0. The van der Waals surface area contributed by atoms with Gasteiger partial charge in [-0.1, -0.05) is 0 Å². The zero-order chi connectivity index (χ0) is 14.2. The second kappa shape index (κ2) is 5.00. The molecule has 0 aromatic heterocycles. The van der Waals surface area contributed by atoms with Gasteiger partial charge in [0.15, 0.2) is 0 Å². The van der Waals surface area contributed by atoms with Gasteiger partial charge in [0.2, 0.25) is 5.91 Å². The first-order valence-electron chi connectivity index (χ1n) is 5.50. The number of benzene rings is 1. The maximum Gasteiger partial charge on any atom is 0.252 e. The molecule has 1 heterocycles. The van der Waals surface area contributed by atoms with Crippen LogP contribution in [0, 0.1) is 5.82 Å². The van der Waals surface area contributed by atoms with Crippen molar-refractivity contribution in [1.82, 2.24) is 10.2 Å². The summed E-state index contributed by atoms with van der Waals surface area (Å²) in [5.41, 5.74) is 0.182. The molecule has 0 saturated carbocycles. The molecule has 2 rings (SSSR count). The molecule has 100 valence electrons. The SMILES string of the molecule is CN1C(=O)CC(NC(=O)c2ccc(F)c(S)c2)C1=O. The van der Waals surface area contributed by atoms with Gasteiger partial charge in [-0.25, -0.2) is 4.39 Å². The number of hydrogen-bond donors (Lipinski definition) is 2. The Morgan fingerprint density at radius 2 is 2.16 bits per heavy atom. The van der Waals surface area contributed by atoms with E-state index < -0.39 is 23.7 Å². The number of hydrogen-bond acceptors (Lipinski definition) is 4. The summed E-state index contributed by atoms with van der Waals surface area (Å²) in [7, 11) is 1.36. The van der Waals surface area contributed by atoms with Crippen LogP contribution in [0.5, 0.6) is 0 Å². The fraction of sp³-hybridized carbons (Fsp3) is 0.250. The Bertz CT molecular complexity index is 576. The van der Waals surface area contributed by atoms with Crippen LogP contribution in [0.25, 0.3) is 0 Å². The molecule has 1 N–H and O–H groups in total. The van der Waals surface area contributed by atoms with Gasteiger partial charge in [-0.05, 0) is 18.2 Å². The number of imide groups is 1. The summed E-state index contributed by atoms with van der Waals surface area (Å²) in [6, 6.07) is 2.80. The standard InChI is InChI=1S/C12H11FN2O3S/c1-15-10(16)5-8(12(15)18)14-11(17)6-2-3-7(13)9(19)4-6/h2-4,8,19H,5H2,1H3,(H,14,17). The van der Waals surface area contributed by atoms with E-state index in [1.807, 2.05) is 0 Å². The van der Waals surface area contributed by atoms with Gasteiger partial charge in [-0.2, -0.15) is 0 Å². The Kier molecular flexibility index (Phi) is 3.57. The maximum atomic E-state index is 13.0. The van der Waals surface area contributed by atoms with Gasteiger partial charge in [-0.3, -0.25) is 19.3 Å². The van der Waals surface area contributed by atoms with Crippen molar-refractivity contribution >= 4 is 30.4 Å². The molecule has 0 aliphatic carbocycles. The zero-order valence-electron chi connectivity index (χ0n) is 10.0. The number of carbonyl (C=O) groups is 3. The molecule has 1 atom stereocenters. The molecule has 3 amide bonds. The smallest absolute Gasteiger partial charge is 0.252 e. The number of amides is 3. The van der Waals surface area contributed by atoms with Crippen LogP contribution in [0.2, 0.25) is 0 Å². The number of likely N-dealkylation sites (tertiary alicyclic amines) is 1. The van der Waals surface area contributed by atoms with Crippen LogP contribution in [-0.2, 0) is 9.59 Å². The van der Waals surface area contributed by atoms with Gasteiger partial charge in [0.25, 0.3) is 11.8 Å². The minimum atomic E-state index is -0.863. The molecule has 1 aliphatic rings. The molecule has 1 aromatic carbocycles. The van der Waals surface area contributed by atoms with E-state index in [2.05, 4.69) is 17.9 Å². The lowest BCUT2D eigenvalue weighted by Crippen LogP contribution is -2.40. The predicted octanol–water partition coefficient (Wildman–Crippen LogP) is 0.601. The monoisotopic (exact) mass is 282 g/mol. The van der Waals surface area contributed by atoms with Crippen molar-refractivity contribution in [1.29, 1.82) is 0 Å². The summed E-state index contributed by atoms with van der Waals surface area (Å²) in [5.74, 6) is -1.88. The third-order valence-corrected chi connectivity index (χ3v) is 3.24. The van der Waals surface area contributed by atoms with Crippen LogP contribution in [0.4, 0.5) is 4.39 Å². The molecule has 0 spiro atoms. The van der Waals surface area contributed by atoms with Crippen LogP contribution in [0.15, 0.2) is 23.1 Å². The number of rotatable bonds is 2. The molecule has 1 aliphatic heterocycles. The predicted molar refractivity (Wildman–Crippen MR) is 67.3 cm³/mol. The average molecular weight is 282 g/mol. The minimum absolute atomic E-state index is 0.0404. The summed E-state index contributed by atoms with van der Waals surface area (Å²) in [5, 5.41) is 2.45. The summed E-state index contributed by atoms with van der Waals surface area (Å²) in [4.78, 5) is 35.8. The van der Waals surface area contributed by atoms with Crippen LogP contribution >= 0.6 is 12.6 Å². The highest BCUT2D eigenvalue weighted by molar-refractivity contribution is 7.80. The van der Waals surface area contributed by atoms with Gasteiger partial charge < -0.3 is 5.32 Å². The van der Waals surface area contributed by atoms with Crippen molar-refractivity contribution in [3.8, 4) is 0 Å². The van der Waals surface area contributed by atoms with E-state index in [-0.39, 0.29) is 22.8 Å². The van der Waals surface area contributed by atoms with E-state index in [9.17, 15) is 18.8 Å². The van der Waals surface area contributed by atoms with Gasteiger partial charge in [-0.15, -0.1) is 12.6 Å². The molecule has 5 nitrogen and oxygen atoms in total. The first-order valence-corrected chi connectivity index (χ1v) is 5.94. The first kappa shape index (κ1) is 13.5. The molecular formula is C12H11FN2O3S. The van der Waals surface area contributed by atoms with Crippen molar-refractivity contribution in [2.24, 2.45) is 0 Å².